The molecular formula is C17H23N3O2S. The Morgan fingerprint density at radius 2 is 2.09 bits per heavy atom. The Morgan fingerprint density at radius 3 is 2.74 bits per heavy atom. The fourth-order valence-corrected chi connectivity index (χ4v) is 4.67. The van der Waals surface area contributed by atoms with Gasteiger partial charge in [-0.1, -0.05) is 12.1 Å². The van der Waals surface area contributed by atoms with Gasteiger partial charge in [0.25, 0.3) is 0 Å². The third-order valence-corrected chi connectivity index (χ3v) is 6.17. The second kappa shape index (κ2) is 6.07. The molecule has 2 unspecified atom stereocenters. The number of benzene rings is 1. The molecule has 2 saturated heterocycles. The van der Waals surface area contributed by atoms with E-state index in [4.69, 9.17) is 0 Å². The van der Waals surface area contributed by atoms with E-state index in [0.717, 1.165) is 17.7 Å². The monoisotopic (exact) mass is 333 g/mol. The molecule has 1 N–H and O–H groups in total. The molecule has 0 bridgehead atoms. The van der Waals surface area contributed by atoms with E-state index in [2.05, 4.69) is 12.2 Å². The lowest BCUT2D eigenvalue weighted by Gasteiger charge is -2.29. The fraction of sp³-hybridized carbons (Fsp3) is 0.529. The normalized spacial score (nSPS) is 26.3. The van der Waals surface area contributed by atoms with Crippen molar-refractivity contribution in [3.05, 3.63) is 29.8 Å². The molecule has 124 valence electrons. The first-order chi connectivity index (χ1) is 10.9. The van der Waals surface area contributed by atoms with Gasteiger partial charge >= 0.3 is 0 Å². The van der Waals surface area contributed by atoms with E-state index in [0.29, 0.717) is 18.7 Å². The topological polar surface area (TPSA) is 52.7 Å². The first-order valence-electron chi connectivity index (χ1n) is 7.91. The molecule has 6 heteroatoms. The number of nitrogens with one attached hydrogen (secondary N) is 1. The van der Waals surface area contributed by atoms with Gasteiger partial charge < -0.3 is 15.1 Å². The second-order valence-corrected chi connectivity index (χ2v) is 8.05. The highest BCUT2D eigenvalue weighted by molar-refractivity contribution is 8.01. The van der Waals surface area contributed by atoms with E-state index in [9.17, 15) is 9.59 Å². The number of nitrogens with zero attached hydrogens (tertiary/aromatic N) is 2. The smallest absolute Gasteiger partial charge is 0.243 e. The molecule has 0 spiro atoms. The zero-order chi connectivity index (χ0) is 16.6. The zero-order valence-electron chi connectivity index (χ0n) is 13.8. The maximum Gasteiger partial charge on any atom is 0.243 e. The number of amides is 2. The molecule has 2 aliphatic rings. The summed E-state index contributed by atoms with van der Waals surface area (Å²) in [6.45, 7) is 2.56. The highest BCUT2D eigenvalue weighted by Gasteiger charge is 2.52. The highest BCUT2D eigenvalue weighted by Crippen LogP contribution is 2.47. The van der Waals surface area contributed by atoms with Crippen LogP contribution in [-0.4, -0.2) is 47.5 Å². The van der Waals surface area contributed by atoms with Crippen LogP contribution in [0.3, 0.4) is 0 Å². The van der Waals surface area contributed by atoms with Crippen LogP contribution in [0.2, 0.25) is 0 Å². The molecule has 0 radical (unpaired) electrons. The number of hydrogen-bond acceptors (Lipinski definition) is 4. The Labute approximate surface area is 141 Å². The molecule has 3 rings (SSSR count). The van der Waals surface area contributed by atoms with Crippen molar-refractivity contribution in [1.29, 1.82) is 0 Å². The third kappa shape index (κ3) is 3.04. The van der Waals surface area contributed by atoms with Gasteiger partial charge in [0.15, 0.2) is 0 Å². The maximum absolute atomic E-state index is 12.5. The number of thioether (sulfide) groups is 1. The SMILES string of the molecule is CN(C)c1ccc(CNC(=O)C2CSC3(C)CCC(=O)N23)cc1. The van der Waals surface area contributed by atoms with Crippen molar-refractivity contribution in [2.75, 3.05) is 24.7 Å². The Balaban J connectivity index is 1.60. The van der Waals surface area contributed by atoms with Gasteiger partial charge in [0.2, 0.25) is 11.8 Å². The van der Waals surface area contributed by atoms with Crippen molar-refractivity contribution in [1.82, 2.24) is 10.2 Å². The molecule has 2 fully saturated rings. The molecule has 5 nitrogen and oxygen atoms in total. The van der Waals surface area contributed by atoms with Crippen LogP contribution in [0, 0.1) is 0 Å². The molecular weight excluding hydrogens is 310 g/mol. The van der Waals surface area contributed by atoms with Crippen LogP contribution < -0.4 is 10.2 Å². The molecule has 0 aliphatic carbocycles. The van der Waals surface area contributed by atoms with Crippen LogP contribution in [-0.2, 0) is 16.1 Å². The molecule has 1 aromatic carbocycles. The molecule has 2 heterocycles. The molecule has 2 atom stereocenters. The fourth-order valence-electron chi connectivity index (χ4n) is 3.23. The Morgan fingerprint density at radius 1 is 1.39 bits per heavy atom. The number of carbonyl (C=O) groups excluding carboxylic acids is 2. The van der Waals surface area contributed by atoms with E-state index >= 15 is 0 Å². The third-order valence-electron chi connectivity index (χ3n) is 4.67. The summed E-state index contributed by atoms with van der Waals surface area (Å²) in [5.74, 6) is 0.745. The number of hydrogen-bond donors (Lipinski definition) is 1. The molecule has 1 aromatic rings. The van der Waals surface area contributed by atoms with E-state index in [1.54, 1.807) is 16.7 Å². The van der Waals surface area contributed by atoms with E-state index in [1.807, 2.05) is 43.3 Å². The quantitative estimate of drug-likeness (QED) is 0.913. The summed E-state index contributed by atoms with van der Waals surface area (Å²) in [6.07, 6.45) is 1.39. The summed E-state index contributed by atoms with van der Waals surface area (Å²) in [5.41, 5.74) is 2.19. The number of rotatable bonds is 4. The molecule has 0 aromatic heterocycles. The average molecular weight is 333 g/mol. The lowest BCUT2D eigenvalue weighted by Crippen LogP contribution is -2.49. The molecule has 0 saturated carbocycles. The van der Waals surface area contributed by atoms with Gasteiger partial charge in [-0.15, -0.1) is 11.8 Å². The van der Waals surface area contributed by atoms with Gasteiger partial charge in [-0.2, -0.15) is 0 Å². The summed E-state index contributed by atoms with van der Waals surface area (Å²) in [6, 6.07) is 7.77. The Kier molecular flexibility index (Phi) is 4.27. The van der Waals surface area contributed by atoms with E-state index in [-0.39, 0.29) is 22.7 Å². The van der Waals surface area contributed by atoms with Gasteiger partial charge in [0, 0.05) is 38.5 Å². The number of anilines is 1. The maximum atomic E-state index is 12.5. The largest absolute Gasteiger partial charge is 0.378 e. The summed E-state index contributed by atoms with van der Waals surface area (Å²) >= 11 is 1.72. The lowest BCUT2D eigenvalue weighted by molar-refractivity contribution is -0.138. The van der Waals surface area contributed by atoms with Gasteiger partial charge in [0.1, 0.15) is 6.04 Å². The average Bonchev–Trinajstić information content (AvgIpc) is 3.02. The Bertz CT molecular complexity index is 617. The van der Waals surface area contributed by atoms with Crippen molar-refractivity contribution in [3.8, 4) is 0 Å². The molecule has 23 heavy (non-hydrogen) atoms. The number of fused-ring (bicyclic) bond motifs is 1. The summed E-state index contributed by atoms with van der Waals surface area (Å²) < 4.78 is 0. The van der Waals surface area contributed by atoms with Crippen LogP contribution in [0.5, 0.6) is 0 Å². The predicted molar refractivity (Wildman–Crippen MR) is 93.3 cm³/mol. The van der Waals surface area contributed by atoms with Gasteiger partial charge in [0.05, 0.1) is 4.87 Å². The first-order valence-corrected chi connectivity index (χ1v) is 8.89. The number of carbonyl (C=O) groups is 2. The minimum atomic E-state index is -0.332. The Hall–Kier alpha value is -1.69. The van der Waals surface area contributed by atoms with Crippen LogP contribution in [0.25, 0.3) is 0 Å². The highest BCUT2D eigenvalue weighted by atomic mass is 32.2. The van der Waals surface area contributed by atoms with Gasteiger partial charge in [-0.25, -0.2) is 0 Å². The van der Waals surface area contributed by atoms with Crippen molar-refractivity contribution >= 4 is 29.3 Å². The minimum Gasteiger partial charge on any atom is -0.378 e. The van der Waals surface area contributed by atoms with Crippen LogP contribution >= 0.6 is 11.8 Å². The van der Waals surface area contributed by atoms with E-state index in [1.165, 1.54) is 0 Å². The van der Waals surface area contributed by atoms with Crippen molar-refractivity contribution in [2.24, 2.45) is 0 Å². The van der Waals surface area contributed by atoms with Crippen molar-refractivity contribution in [3.63, 3.8) is 0 Å². The standard InChI is InChI=1S/C17H23N3O2S/c1-17-9-8-15(21)20(17)14(11-23-17)16(22)18-10-12-4-6-13(7-5-12)19(2)3/h4-7,14H,8-11H2,1-3H3,(H,18,22). The van der Waals surface area contributed by atoms with Crippen LogP contribution in [0.1, 0.15) is 25.3 Å². The summed E-state index contributed by atoms with van der Waals surface area (Å²) in [4.78, 5) is 28.2. The summed E-state index contributed by atoms with van der Waals surface area (Å²) in [5, 5.41) is 2.98. The van der Waals surface area contributed by atoms with Crippen molar-refractivity contribution < 1.29 is 9.59 Å². The first kappa shape index (κ1) is 16.2. The lowest BCUT2D eigenvalue weighted by atomic mass is 10.2. The summed E-state index contributed by atoms with van der Waals surface area (Å²) in [7, 11) is 4.00. The van der Waals surface area contributed by atoms with Crippen LogP contribution in [0.4, 0.5) is 5.69 Å². The predicted octanol–water partition coefficient (Wildman–Crippen LogP) is 1.82. The van der Waals surface area contributed by atoms with Gasteiger partial charge in [-0.05, 0) is 31.0 Å². The van der Waals surface area contributed by atoms with Crippen LogP contribution in [0.15, 0.2) is 24.3 Å². The second-order valence-electron chi connectivity index (χ2n) is 6.54. The van der Waals surface area contributed by atoms with E-state index < -0.39 is 0 Å². The minimum absolute atomic E-state index is 0.0480. The molecule has 2 aliphatic heterocycles. The van der Waals surface area contributed by atoms with Crippen molar-refractivity contribution in [2.45, 2.75) is 37.2 Å². The molecule has 2 amide bonds. The zero-order valence-corrected chi connectivity index (χ0v) is 14.7. The van der Waals surface area contributed by atoms with Gasteiger partial charge in [-0.3, -0.25) is 9.59 Å².